The number of aromatic hydroxyl groups is 1. The van der Waals surface area contributed by atoms with Gasteiger partial charge in [0.2, 0.25) is 0 Å². The van der Waals surface area contributed by atoms with Crippen molar-refractivity contribution in [1.29, 1.82) is 0 Å². The zero-order valence-electron chi connectivity index (χ0n) is 8.76. The monoisotopic (exact) mass is 264 g/mol. The molecule has 0 radical (unpaired) electrons. The van der Waals surface area contributed by atoms with Gasteiger partial charge in [0, 0.05) is 15.4 Å². The molecule has 1 N–H and O–H groups in total. The van der Waals surface area contributed by atoms with E-state index in [1.165, 1.54) is 11.8 Å². The first kappa shape index (κ1) is 12.0. The van der Waals surface area contributed by atoms with Gasteiger partial charge in [0.25, 0.3) is 0 Å². The van der Waals surface area contributed by atoms with Crippen molar-refractivity contribution >= 4 is 29.6 Å². The average Bonchev–Trinajstić information content (AvgIpc) is 2.35. The van der Waals surface area contributed by atoms with Crippen molar-refractivity contribution < 1.29 is 9.90 Å². The molecule has 0 atom stereocenters. The minimum absolute atomic E-state index is 0.0762. The van der Waals surface area contributed by atoms with Gasteiger partial charge in [0.05, 0.1) is 5.02 Å². The number of halogens is 1. The summed E-state index contributed by atoms with van der Waals surface area (Å²) in [5, 5.41) is 9.63. The number of hydrogen-bond donors (Lipinski definition) is 1. The van der Waals surface area contributed by atoms with Gasteiger partial charge in [-0.15, -0.1) is 0 Å². The molecule has 17 heavy (non-hydrogen) atoms. The zero-order chi connectivity index (χ0) is 12.3. The van der Waals surface area contributed by atoms with Gasteiger partial charge in [0.1, 0.15) is 12.0 Å². The van der Waals surface area contributed by atoms with E-state index < -0.39 is 0 Å². The molecule has 0 aliphatic rings. The SMILES string of the molecule is O=Cc1ccc(Sc2ccc(O)c(Cl)c2)cc1. The minimum Gasteiger partial charge on any atom is -0.506 e. The summed E-state index contributed by atoms with van der Waals surface area (Å²) in [6.45, 7) is 0. The third kappa shape index (κ3) is 3.02. The largest absolute Gasteiger partial charge is 0.506 e. The molecule has 0 bridgehead atoms. The smallest absolute Gasteiger partial charge is 0.150 e. The van der Waals surface area contributed by atoms with Crippen LogP contribution in [0.25, 0.3) is 0 Å². The molecule has 0 aliphatic carbocycles. The molecule has 86 valence electrons. The Morgan fingerprint density at radius 2 is 1.71 bits per heavy atom. The summed E-state index contributed by atoms with van der Waals surface area (Å²) < 4.78 is 0. The molecule has 2 nitrogen and oxygen atoms in total. The summed E-state index contributed by atoms with van der Waals surface area (Å²) in [5.41, 5.74) is 0.651. The average molecular weight is 265 g/mol. The highest BCUT2D eigenvalue weighted by Crippen LogP contribution is 2.33. The first-order valence-corrected chi connectivity index (χ1v) is 6.10. The van der Waals surface area contributed by atoms with Gasteiger partial charge < -0.3 is 5.11 Å². The molecule has 4 heteroatoms. The zero-order valence-corrected chi connectivity index (χ0v) is 10.3. The van der Waals surface area contributed by atoms with Crippen LogP contribution in [-0.2, 0) is 0 Å². The molecule has 0 fully saturated rings. The number of benzene rings is 2. The molecule has 2 rings (SSSR count). The van der Waals surface area contributed by atoms with Crippen molar-refractivity contribution in [2.24, 2.45) is 0 Å². The fraction of sp³-hybridized carbons (Fsp3) is 0. The summed E-state index contributed by atoms with van der Waals surface area (Å²) in [4.78, 5) is 12.5. The summed E-state index contributed by atoms with van der Waals surface area (Å²) >= 11 is 7.34. The molecule has 0 aromatic heterocycles. The lowest BCUT2D eigenvalue weighted by Crippen LogP contribution is -1.79. The molecule has 0 saturated carbocycles. The maximum atomic E-state index is 10.5. The van der Waals surface area contributed by atoms with Crippen LogP contribution in [0.1, 0.15) is 10.4 Å². The Hall–Kier alpha value is -1.45. The van der Waals surface area contributed by atoms with Crippen molar-refractivity contribution in [3.05, 3.63) is 53.1 Å². The Labute approximate surface area is 108 Å². The Kier molecular flexibility index (Phi) is 3.71. The van der Waals surface area contributed by atoms with Crippen LogP contribution in [0, 0.1) is 0 Å². The van der Waals surface area contributed by atoms with Crippen molar-refractivity contribution in [2.75, 3.05) is 0 Å². The van der Waals surface area contributed by atoms with Gasteiger partial charge >= 0.3 is 0 Å². The number of phenolic OH excluding ortho intramolecular Hbond substituents is 1. The van der Waals surface area contributed by atoms with Gasteiger partial charge in [-0.3, -0.25) is 4.79 Å². The van der Waals surface area contributed by atoms with Crippen LogP contribution in [0.5, 0.6) is 5.75 Å². The van der Waals surface area contributed by atoms with E-state index in [2.05, 4.69) is 0 Å². The fourth-order valence-corrected chi connectivity index (χ4v) is 2.40. The van der Waals surface area contributed by atoms with Gasteiger partial charge in [-0.05, 0) is 30.3 Å². The maximum Gasteiger partial charge on any atom is 0.150 e. The van der Waals surface area contributed by atoms with Crippen LogP contribution < -0.4 is 0 Å². The van der Waals surface area contributed by atoms with Crippen LogP contribution in [0.2, 0.25) is 5.02 Å². The number of aldehydes is 1. The second-order valence-corrected chi connectivity index (χ2v) is 4.96. The van der Waals surface area contributed by atoms with E-state index in [-0.39, 0.29) is 5.75 Å². The summed E-state index contributed by atoms with van der Waals surface area (Å²) in [6, 6.07) is 12.3. The molecule has 2 aromatic carbocycles. The van der Waals surface area contributed by atoms with Crippen LogP contribution >= 0.6 is 23.4 Å². The summed E-state index contributed by atoms with van der Waals surface area (Å²) in [7, 11) is 0. The molecular weight excluding hydrogens is 256 g/mol. The number of rotatable bonds is 3. The van der Waals surface area contributed by atoms with E-state index in [1.807, 2.05) is 12.1 Å². The predicted octanol–water partition coefficient (Wildman–Crippen LogP) is 4.01. The third-order valence-corrected chi connectivity index (χ3v) is 3.47. The first-order chi connectivity index (χ1) is 8.19. The lowest BCUT2D eigenvalue weighted by molar-refractivity contribution is 0.112. The number of carbonyl (C=O) groups is 1. The molecule has 0 saturated heterocycles. The van der Waals surface area contributed by atoms with Crippen LogP contribution in [0.15, 0.2) is 52.3 Å². The maximum absolute atomic E-state index is 10.5. The van der Waals surface area contributed by atoms with E-state index in [0.29, 0.717) is 10.6 Å². The number of phenols is 1. The second kappa shape index (κ2) is 5.25. The van der Waals surface area contributed by atoms with Crippen molar-refractivity contribution in [1.82, 2.24) is 0 Å². The first-order valence-electron chi connectivity index (χ1n) is 4.90. The highest BCUT2D eigenvalue weighted by Gasteiger charge is 2.02. The summed E-state index contributed by atoms with van der Waals surface area (Å²) in [5.74, 6) is 0.0762. The number of hydrogen-bond acceptors (Lipinski definition) is 3. The van der Waals surface area contributed by atoms with E-state index >= 15 is 0 Å². The molecule has 0 spiro atoms. The lowest BCUT2D eigenvalue weighted by atomic mass is 10.2. The Morgan fingerprint density at radius 3 is 2.29 bits per heavy atom. The third-order valence-electron chi connectivity index (χ3n) is 2.17. The second-order valence-electron chi connectivity index (χ2n) is 3.40. The van der Waals surface area contributed by atoms with E-state index in [4.69, 9.17) is 11.6 Å². The van der Waals surface area contributed by atoms with Gasteiger partial charge in [0.15, 0.2) is 0 Å². The van der Waals surface area contributed by atoms with Gasteiger partial charge in [-0.2, -0.15) is 0 Å². The van der Waals surface area contributed by atoms with Crippen LogP contribution in [-0.4, -0.2) is 11.4 Å². The Balaban J connectivity index is 2.19. The molecular formula is C13H9ClO2S. The molecule has 2 aromatic rings. The van der Waals surface area contributed by atoms with Gasteiger partial charge in [-0.25, -0.2) is 0 Å². The summed E-state index contributed by atoms with van der Waals surface area (Å²) in [6.07, 6.45) is 0.811. The van der Waals surface area contributed by atoms with Crippen molar-refractivity contribution in [2.45, 2.75) is 9.79 Å². The molecule has 0 aliphatic heterocycles. The van der Waals surface area contributed by atoms with Crippen LogP contribution in [0.3, 0.4) is 0 Å². The minimum atomic E-state index is 0.0762. The van der Waals surface area contributed by atoms with Crippen LogP contribution in [0.4, 0.5) is 0 Å². The fourth-order valence-electron chi connectivity index (χ4n) is 1.30. The Bertz CT molecular complexity index is 538. The highest BCUT2D eigenvalue weighted by atomic mass is 35.5. The predicted molar refractivity (Wildman–Crippen MR) is 69.1 cm³/mol. The van der Waals surface area contributed by atoms with E-state index in [1.54, 1.807) is 30.3 Å². The van der Waals surface area contributed by atoms with Gasteiger partial charge in [-0.1, -0.05) is 35.5 Å². The van der Waals surface area contributed by atoms with E-state index in [9.17, 15) is 9.90 Å². The number of carbonyl (C=O) groups excluding carboxylic acids is 1. The van der Waals surface area contributed by atoms with E-state index in [0.717, 1.165) is 16.1 Å². The standard InChI is InChI=1S/C13H9ClO2S/c14-12-7-11(5-6-13(12)16)17-10-3-1-9(8-15)2-4-10/h1-8,16H. The highest BCUT2D eigenvalue weighted by molar-refractivity contribution is 7.99. The molecule has 0 amide bonds. The normalized spacial score (nSPS) is 10.2. The molecule has 0 heterocycles. The van der Waals surface area contributed by atoms with Crippen molar-refractivity contribution in [3.8, 4) is 5.75 Å². The quantitative estimate of drug-likeness (QED) is 0.851. The Morgan fingerprint density at radius 1 is 1.06 bits per heavy atom. The van der Waals surface area contributed by atoms with Crippen molar-refractivity contribution in [3.63, 3.8) is 0 Å². The molecule has 0 unspecified atom stereocenters. The topological polar surface area (TPSA) is 37.3 Å². The lowest BCUT2D eigenvalue weighted by Gasteiger charge is -2.03.